The smallest absolute Gasteiger partial charge is 0.422 e. The van der Waals surface area contributed by atoms with Gasteiger partial charge in [-0.3, -0.25) is 9.78 Å². The summed E-state index contributed by atoms with van der Waals surface area (Å²) in [6.07, 6.45) is -5.52. The first-order valence-corrected chi connectivity index (χ1v) is 10.2. The number of nitrogens with zero attached hydrogens (tertiary/aromatic N) is 3. The Kier molecular flexibility index (Phi) is 9.37. The Morgan fingerprint density at radius 3 is 2.46 bits per heavy atom. The summed E-state index contributed by atoms with van der Waals surface area (Å²) in [5, 5.41) is 5.07. The lowest BCUT2D eigenvalue weighted by atomic mass is 10.1. The first kappa shape index (κ1) is 27.3. The molecule has 188 valence electrons. The normalized spacial score (nSPS) is 11.2. The van der Waals surface area contributed by atoms with Gasteiger partial charge in [-0.25, -0.2) is 9.97 Å². The van der Waals surface area contributed by atoms with Crippen LogP contribution in [0, 0.1) is 0 Å². The minimum Gasteiger partial charge on any atom is -0.482 e. The van der Waals surface area contributed by atoms with E-state index >= 15 is 0 Å². The number of amides is 1. The number of carbonyl (C=O) groups is 1. The Labute approximate surface area is 196 Å². The molecule has 0 atom stereocenters. The van der Waals surface area contributed by atoms with Crippen molar-refractivity contribution in [3.63, 3.8) is 0 Å². The first-order valence-electron chi connectivity index (χ1n) is 10.2. The van der Waals surface area contributed by atoms with Crippen LogP contribution in [0.2, 0.25) is 0 Å². The minimum absolute atomic E-state index is 0.0419. The van der Waals surface area contributed by atoms with Crippen molar-refractivity contribution < 1.29 is 35.9 Å². The van der Waals surface area contributed by atoms with E-state index in [4.69, 9.17) is 0 Å². The van der Waals surface area contributed by atoms with E-state index in [1.807, 2.05) is 13.8 Å². The van der Waals surface area contributed by atoms with Gasteiger partial charge < -0.3 is 15.4 Å². The number of anilines is 2. The number of halogens is 6. The molecular weight excluding hydrogens is 480 g/mol. The van der Waals surface area contributed by atoms with E-state index in [2.05, 4.69) is 30.3 Å². The van der Waals surface area contributed by atoms with Gasteiger partial charge in [0, 0.05) is 25.0 Å². The summed E-state index contributed by atoms with van der Waals surface area (Å²) in [4.78, 5) is 24.1. The summed E-state index contributed by atoms with van der Waals surface area (Å²) in [6, 6.07) is 7.05. The molecule has 0 aliphatic rings. The Morgan fingerprint density at radius 1 is 1.03 bits per heavy atom. The van der Waals surface area contributed by atoms with Gasteiger partial charge in [0.25, 0.3) is 5.91 Å². The number of nitrogens with one attached hydrogen (secondary N) is 2. The number of alkyl halides is 6. The molecular formula is C22H21F6N5O2. The van der Waals surface area contributed by atoms with E-state index in [9.17, 15) is 31.1 Å². The summed E-state index contributed by atoms with van der Waals surface area (Å²) < 4.78 is 80.4. The standard InChI is InChI=1S/C20H15F6N5O2.C2H6/c21-19(22,23)11-33-16-5-6-27-10-15(16)30-17(32)14-4-7-28-18(31-14)29-9-12-2-1-3-13(8-12)20(24,25)26;1-2/h1-8,10H,9,11H2,(H,30,32)(H,28,29,31);1-2H3. The van der Waals surface area contributed by atoms with Gasteiger partial charge in [0.05, 0.1) is 11.8 Å². The van der Waals surface area contributed by atoms with Gasteiger partial charge in [0.15, 0.2) is 6.61 Å². The third-order valence-electron chi connectivity index (χ3n) is 4.01. The lowest BCUT2D eigenvalue weighted by molar-refractivity contribution is -0.153. The number of carbonyl (C=O) groups excluding carboxylic acids is 1. The van der Waals surface area contributed by atoms with Crippen molar-refractivity contribution in [2.45, 2.75) is 32.7 Å². The number of hydrogen-bond acceptors (Lipinski definition) is 6. The molecule has 0 aliphatic carbocycles. The van der Waals surface area contributed by atoms with Crippen molar-refractivity contribution in [2.24, 2.45) is 0 Å². The molecule has 0 fully saturated rings. The second kappa shape index (κ2) is 12.0. The van der Waals surface area contributed by atoms with Gasteiger partial charge in [0.1, 0.15) is 17.1 Å². The van der Waals surface area contributed by atoms with Crippen molar-refractivity contribution in [3.8, 4) is 5.75 Å². The maximum Gasteiger partial charge on any atom is 0.422 e. The molecule has 0 saturated carbocycles. The number of ether oxygens (including phenoxy) is 1. The van der Waals surface area contributed by atoms with Crippen LogP contribution < -0.4 is 15.4 Å². The van der Waals surface area contributed by atoms with Gasteiger partial charge >= 0.3 is 12.4 Å². The van der Waals surface area contributed by atoms with Crippen LogP contribution in [0.5, 0.6) is 5.75 Å². The van der Waals surface area contributed by atoms with E-state index in [0.717, 1.165) is 24.4 Å². The van der Waals surface area contributed by atoms with E-state index < -0.39 is 30.4 Å². The van der Waals surface area contributed by atoms with Crippen molar-refractivity contribution in [1.29, 1.82) is 0 Å². The topological polar surface area (TPSA) is 89.0 Å². The van der Waals surface area contributed by atoms with Gasteiger partial charge in [-0.15, -0.1) is 0 Å². The van der Waals surface area contributed by atoms with Gasteiger partial charge in [-0.2, -0.15) is 26.3 Å². The Hall–Kier alpha value is -3.90. The van der Waals surface area contributed by atoms with Crippen LogP contribution in [-0.4, -0.2) is 33.6 Å². The highest BCUT2D eigenvalue weighted by Crippen LogP contribution is 2.29. The van der Waals surface area contributed by atoms with Crippen molar-refractivity contribution in [2.75, 3.05) is 17.2 Å². The highest BCUT2D eigenvalue weighted by atomic mass is 19.4. The number of rotatable bonds is 7. The van der Waals surface area contributed by atoms with E-state index in [1.54, 1.807) is 0 Å². The molecule has 1 aromatic carbocycles. The van der Waals surface area contributed by atoms with Crippen molar-refractivity contribution in [3.05, 3.63) is 71.8 Å². The lowest BCUT2D eigenvalue weighted by Gasteiger charge is -2.13. The van der Waals surface area contributed by atoms with Crippen molar-refractivity contribution >= 4 is 17.5 Å². The summed E-state index contributed by atoms with van der Waals surface area (Å²) >= 11 is 0. The molecule has 0 bridgehead atoms. The molecule has 2 aromatic heterocycles. The molecule has 0 spiro atoms. The molecule has 0 saturated heterocycles. The van der Waals surface area contributed by atoms with E-state index in [1.165, 1.54) is 30.6 Å². The maximum absolute atomic E-state index is 12.8. The number of benzene rings is 1. The fourth-order valence-electron chi connectivity index (χ4n) is 2.56. The second-order valence-electron chi connectivity index (χ2n) is 6.55. The Morgan fingerprint density at radius 2 is 1.77 bits per heavy atom. The fraction of sp³-hybridized carbons (Fsp3) is 0.273. The van der Waals surface area contributed by atoms with Crippen molar-refractivity contribution in [1.82, 2.24) is 15.0 Å². The Bertz CT molecular complexity index is 1120. The zero-order valence-electron chi connectivity index (χ0n) is 18.5. The zero-order valence-corrected chi connectivity index (χ0v) is 18.5. The average molecular weight is 501 g/mol. The summed E-state index contributed by atoms with van der Waals surface area (Å²) in [5.74, 6) is -1.07. The molecule has 0 radical (unpaired) electrons. The van der Waals surface area contributed by atoms with Crippen LogP contribution in [-0.2, 0) is 12.7 Å². The fourth-order valence-corrected chi connectivity index (χ4v) is 2.56. The molecule has 3 rings (SSSR count). The predicted octanol–water partition coefficient (Wildman–Crippen LogP) is 5.72. The molecule has 2 heterocycles. The largest absolute Gasteiger partial charge is 0.482 e. The summed E-state index contributed by atoms with van der Waals surface area (Å²) in [6.45, 7) is 2.39. The van der Waals surface area contributed by atoms with Gasteiger partial charge in [-0.05, 0) is 23.8 Å². The number of aromatic nitrogens is 3. The average Bonchev–Trinajstić information content (AvgIpc) is 2.83. The zero-order chi connectivity index (χ0) is 26.1. The van der Waals surface area contributed by atoms with Crippen LogP contribution >= 0.6 is 0 Å². The molecule has 35 heavy (non-hydrogen) atoms. The Balaban J connectivity index is 0.00000210. The SMILES string of the molecule is CC.O=C(Nc1cnccc1OCC(F)(F)F)c1ccnc(NCc2cccc(C(F)(F)F)c2)n1. The maximum atomic E-state index is 12.8. The monoisotopic (exact) mass is 501 g/mol. The van der Waals surface area contributed by atoms with Crippen LogP contribution in [0.3, 0.4) is 0 Å². The molecule has 13 heteroatoms. The molecule has 2 N–H and O–H groups in total. The van der Waals surface area contributed by atoms with Gasteiger partial charge in [-0.1, -0.05) is 26.0 Å². The molecule has 0 aliphatic heterocycles. The number of pyridine rings is 1. The van der Waals surface area contributed by atoms with E-state index in [-0.39, 0.29) is 29.6 Å². The quantitative estimate of drug-likeness (QED) is 0.403. The molecule has 0 unspecified atom stereocenters. The highest BCUT2D eigenvalue weighted by Gasteiger charge is 2.30. The van der Waals surface area contributed by atoms with Crippen LogP contribution in [0.25, 0.3) is 0 Å². The third-order valence-corrected chi connectivity index (χ3v) is 4.01. The second-order valence-corrected chi connectivity index (χ2v) is 6.55. The van der Waals surface area contributed by atoms with Crippen LogP contribution in [0.15, 0.2) is 55.0 Å². The lowest BCUT2D eigenvalue weighted by Crippen LogP contribution is -2.21. The van der Waals surface area contributed by atoms with Crippen LogP contribution in [0.1, 0.15) is 35.5 Å². The number of hydrogen-bond donors (Lipinski definition) is 2. The molecule has 3 aromatic rings. The van der Waals surface area contributed by atoms with Crippen LogP contribution in [0.4, 0.5) is 38.0 Å². The minimum atomic E-state index is -4.57. The predicted molar refractivity (Wildman–Crippen MR) is 116 cm³/mol. The summed E-state index contributed by atoms with van der Waals surface area (Å²) in [5.41, 5.74) is -0.757. The first-order chi connectivity index (χ1) is 16.5. The molecule has 1 amide bonds. The highest BCUT2D eigenvalue weighted by molar-refractivity contribution is 6.03. The van der Waals surface area contributed by atoms with Gasteiger partial charge in [0.2, 0.25) is 5.95 Å². The summed E-state index contributed by atoms with van der Waals surface area (Å²) in [7, 11) is 0. The van der Waals surface area contributed by atoms with E-state index in [0.29, 0.717) is 5.56 Å². The third kappa shape index (κ3) is 8.76. The molecule has 7 nitrogen and oxygen atoms in total.